The number of amides is 1. The van der Waals surface area contributed by atoms with Gasteiger partial charge in [0.05, 0.1) is 6.26 Å². The lowest BCUT2D eigenvalue weighted by Crippen LogP contribution is -2.40. The number of hydrogen-bond acceptors (Lipinski definition) is 5. The van der Waals surface area contributed by atoms with Crippen molar-refractivity contribution in [2.24, 2.45) is 5.92 Å². The molecule has 182 valence electrons. The number of aryl methyl sites for hydroxylation is 2. The van der Waals surface area contributed by atoms with Crippen molar-refractivity contribution in [2.75, 3.05) is 6.26 Å². The van der Waals surface area contributed by atoms with Gasteiger partial charge in [-0.2, -0.15) is 0 Å². The van der Waals surface area contributed by atoms with E-state index in [1.807, 2.05) is 58.9 Å². The van der Waals surface area contributed by atoms with Gasteiger partial charge in [0.25, 0.3) is 0 Å². The fourth-order valence-electron chi connectivity index (χ4n) is 3.52. The molecule has 0 fully saturated rings. The summed E-state index contributed by atoms with van der Waals surface area (Å²) in [6, 6.07) is 8.04. The molecule has 1 heterocycles. The van der Waals surface area contributed by atoms with Crippen LogP contribution in [0.4, 0.5) is 4.79 Å². The first-order valence-corrected chi connectivity index (χ1v) is 13.0. The number of sulfonamides is 1. The molecule has 8 heteroatoms. The fourth-order valence-corrected chi connectivity index (χ4v) is 3.93. The molecule has 2 N–H and O–H groups in total. The monoisotopic (exact) mass is 475 g/mol. The van der Waals surface area contributed by atoms with Crippen molar-refractivity contribution in [1.29, 1.82) is 0 Å². The van der Waals surface area contributed by atoms with E-state index in [1.54, 1.807) is 0 Å². The number of hydrogen-bond donors (Lipinski definition) is 2. The summed E-state index contributed by atoms with van der Waals surface area (Å²) in [4.78, 5) is 17.2. The van der Waals surface area contributed by atoms with Crippen LogP contribution < -0.4 is 10.0 Å². The molecule has 0 aliphatic carbocycles. The van der Waals surface area contributed by atoms with Gasteiger partial charge < -0.3 is 10.1 Å². The molecule has 7 nitrogen and oxygen atoms in total. The van der Waals surface area contributed by atoms with Crippen molar-refractivity contribution < 1.29 is 17.9 Å². The predicted molar refractivity (Wildman–Crippen MR) is 132 cm³/mol. The smallest absolute Gasteiger partial charge is 0.407 e. The SMILES string of the molecule is Cc1ccc(-c2c(CNS(C)(=O)=O)c(C)nc(CC(C)C)c2COC(=O)NC(C)(C)C)cc1. The second-order valence-electron chi connectivity index (χ2n) is 9.98. The van der Waals surface area contributed by atoms with Crippen molar-refractivity contribution >= 4 is 16.1 Å². The maximum absolute atomic E-state index is 12.4. The molecule has 0 aliphatic heterocycles. The number of carbonyl (C=O) groups is 1. The molecule has 0 bridgehead atoms. The van der Waals surface area contributed by atoms with Gasteiger partial charge in [0, 0.05) is 29.0 Å². The predicted octanol–water partition coefficient (Wildman–Crippen LogP) is 4.64. The third-order valence-electron chi connectivity index (χ3n) is 4.97. The number of carbonyl (C=O) groups excluding carboxylic acids is 1. The molecule has 2 aromatic rings. The first-order valence-electron chi connectivity index (χ1n) is 11.1. The van der Waals surface area contributed by atoms with Gasteiger partial charge in [0.15, 0.2) is 0 Å². The van der Waals surface area contributed by atoms with Gasteiger partial charge >= 0.3 is 6.09 Å². The Morgan fingerprint density at radius 3 is 2.21 bits per heavy atom. The van der Waals surface area contributed by atoms with Crippen LogP contribution in [0.2, 0.25) is 0 Å². The van der Waals surface area contributed by atoms with E-state index in [2.05, 4.69) is 23.9 Å². The molecule has 0 aliphatic rings. The highest BCUT2D eigenvalue weighted by Gasteiger charge is 2.23. The number of alkyl carbamates (subject to hydrolysis) is 1. The number of ether oxygens (including phenoxy) is 1. The summed E-state index contributed by atoms with van der Waals surface area (Å²) in [6.07, 6.45) is 1.33. The van der Waals surface area contributed by atoms with Crippen molar-refractivity contribution in [1.82, 2.24) is 15.0 Å². The van der Waals surface area contributed by atoms with Gasteiger partial charge in [-0.1, -0.05) is 43.7 Å². The Hall–Kier alpha value is -2.45. The molecule has 0 atom stereocenters. The minimum atomic E-state index is -3.41. The molecule has 0 radical (unpaired) electrons. The maximum atomic E-state index is 12.4. The van der Waals surface area contributed by atoms with Crippen LogP contribution >= 0.6 is 0 Å². The zero-order valence-electron chi connectivity index (χ0n) is 21.0. The maximum Gasteiger partial charge on any atom is 0.407 e. The van der Waals surface area contributed by atoms with E-state index in [4.69, 9.17) is 9.72 Å². The van der Waals surface area contributed by atoms with E-state index >= 15 is 0 Å². The minimum absolute atomic E-state index is 0.0341. The molecule has 1 amide bonds. The zero-order chi connectivity index (χ0) is 25.0. The average molecular weight is 476 g/mol. The summed E-state index contributed by atoms with van der Waals surface area (Å²) in [5.41, 5.74) is 5.65. The Balaban J connectivity index is 2.66. The van der Waals surface area contributed by atoms with Crippen LogP contribution in [-0.4, -0.2) is 31.3 Å². The largest absolute Gasteiger partial charge is 0.445 e. The summed E-state index contributed by atoms with van der Waals surface area (Å²) in [5, 5.41) is 2.81. The van der Waals surface area contributed by atoms with E-state index in [-0.39, 0.29) is 13.2 Å². The number of pyridine rings is 1. The van der Waals surface area contributed by atoms with Gasteiger partial charge in [-0.05, 0) is 63.6 Å². The molecule has 0 spiro atoms. The molecule has 0 saturated carbocycles. The Morgan fingerprint density at radius 2 is 1.70 bits per heavy atom. The first-order chi connectivity index (χ1) is 15.2. The van der Waals surface area contributed by atoms with E-state index in [9.17, 15) is 13.2 Å². The highest BCUT2D eigenvalue weighted by atomic mass is 32.2. The van der Waals surface area contributed by atoms with Crippen molar-refractivity contribution in [2.45, 2.75) is 73.6 Å². The normalized spacial score (nSPS) is 12.2. The second kappa shape index (κ2) is 10.7. The summed E-state index contributed by atoms with van der Waals surface area (Å²) < 4.78 is 31.9. The number of rotatable bonds is 8. The number of nitrogens with zero attached hydrogens (tertiary/aromatic N) is 1. The van der Waals surface area contributed by atoms with Crippen LogP contribution in [0.5, 0.6) is 0 Å². The van der Waals surface area contributed by atoms with Crippen molar-refractivity contribution in [3.63, 3.8) is 0 Å². The van der Waals surface area contributed by atoms with Gasteiger partial charge in [0.1, 0.15) is 6.61 Å². The highest BCUT2D eigenvalue weighted by Crippen LogP contribution is 2.33. The van der Waals surface area contributed by atoms with Gasteiger partial charge in [0.2, 0.25) is 10.0 Å². The molecule has 33 heavy (non-hydrogen) atoms. The van der Waals surface area contributed by atoms with Gasteiger partial charge in [-0.15, -0.1) is 0 Å². The summed E-state index contributed by atoms with van der Waals surface area (Å²) in [7, 11) is -3.41. The van der Waals surface area contributed by atoms with E-state index in [1.165, 1.54) is 0 Å². The molecule has 0 unspecified atom stereocenters. The van der Waals surface area contributed by atoms with Crippen LogP contribution in [-0.2, 0) is 34.3 Å². The van der Waals surface area contributed by atoms with Crippen LogP contribution in [0.3, 0.4) is 0 Å². The third-order valence-corrected chi connectivity index (χ3v) is 5.64. The second-order valence-corrected chi connectivity index (χ2v) is 11.8. The number of nitrogens with one attached hydrogen (secondary N) is 2. The minimum Gasteiger partial charge on any atom is -0.445 e. The molecular formula is C25H37N3O4S. The van der Waals surface area contributed by atoms with Crippen LogP contribution in [0.1, 0.15) is 62.7 Å². The Kier molecular flexibility index (Phi) is 8.65. The van der Waals surface area contributed by atoms with Crippen LogP contribution in [0.15, 0.2) is 24.3 Å². The van der Waals surface area contributed by atoms with Gasteiger partial charge in [-0.25, -0.2) is 17.9 Å². The Morgan fingerprint density at radius 1 is 1.09 bits per heavy atom. The number of aromatic nitrogens is 1. The summed E-state index contributed by atoms with van der Waals surface area (Å²) in [5.74, 6) is 0.338. The van der Waals surface area contributed by atoms with Crippen molar-refractivity contribution in [3.8, 4) is 11.1 Å². The molecule has 2 rings (SSSR count). The van der Waals surface area contributed by atoms with Gasteiger partial charge in [-0.3, -0.25) is 4.98 Å². The lowest BCUT2D eigenvalue weighted by molar-refractivity contribution is 0.131. The average Bonchev–Trinajstić information content (AvgIpc) is 2.64. The quantitative estimate of drug-likeness (QED) is 0.580. The van der Waals surface area contributed by atoms with Crippen molar-refractivity contribution in [3.05, 3.63) is 52.3 Å². The molecule has 1 aromatic carbocycles. The Labute approximate surface area is 198 Å². The first kappa shape index (κ1) is 26.8. The summed E-state index contributed by atoms with van der Waals surface area (Å²) >= 11 is 0. The summed E-state index contributed by atoms with van der Waals surface area (Å²) in [6.45, 7) is 13.9. The van der Waals surface area contributed by atoms with Crippen LogP contribution in [0.25, 0.3) is 11.1 Å². The zero-order valence-corrected chi connectivity index (χ0v) is 21.8. The topological polar surface area (TPSA) is 97.4 Å². The highest BCUT2D eigenvalue weighted by molar-refractivity contribution is 7.88. The number of benzene rings is 1. The van der Waals surface area contributed by atoms with E-state index in [0.29, 0.717) is 12.3 Å². The lowest BCUT2D eigenvalue weighted by Gasteiger charge is -2.23. The van der Waals surface area contributed by atoms with E-state index in [0.717, 1.165) is 45.5 Å². The van der Waals surface area contributed by atoms with Crippen LogP contribution in [0, 0.1) is 19.8 Å². The lowest BCUT2D eigenvalue weighted by atomic mass is 9.90. The fraction of sp³-hybridized carbons (Fsp3) is 0.520. The third kappa shape index (κ3) is 8.44. The molecule has 0 saturated heterocycles. The standard InChI is InChI=1S/C25H37N3O4S/c1-16(2)13-22-21(15-32-24(29)28-25(5,6)7)23(19-11-9-17(3)10-12-19)20(18(4)27-22)14-26-33(8,30)31/h9-12,16,26H,13-15H2,1-8H3,(H,28,29). The van der Waals surface area contributed by atoms with E-state index < -0.39 is 21.7 Å². The molecular weight excluding hydrogens is 438 g/mol. The molecule has 1 aromatic heterocycles. The Bertz CT molecular complexity index is 1090.